The summed E-state index contributed by atoms with van der Waals surface area (Å²) < 4.78 is 24.7. The fourth-order valence-corrected chi connectivity index (χ4v) is 2.25. The van der Waals surface area contributed by atoms with Crippen LogP contribution in [0.4, 0.5) is 8.78 Å². The van der Waals surface area contributed by atoms with E-state index in [-0.39, 0.29) is 18.1 Å². The van der Waals surface area contributed by atoms with Gasteiger partial charge in [0, 0.05) is 6.54 Å². The minimum Gasteiger partial charge on any atom is -0.395 e. The number of thiocarbonyl (C=S) groups is 1. The molecule has 7 heteroatoms. The Labute approximate surface area is 104 Å². The average Bonchev–Trinajstić information content (AvgIpc) is 2.13. The Morgan fingerprint density at radius 1 is 1.53 bits per heavy atom. The van der Waals surface area contributed by atoms with E-state index in [4.69, 9.17) is 23.1 Å². The lowest BCUT2D eigenvalue weighted by atomic mass is 9.67. The van der Waals surface area contributed by atoms with Crippen molar-refractivity contribution < 1.29 is 18.7 Å². The summed E-state index contributed by atoms with van der Waals surface area (Å²) in [6, 6.07) is 0. The van der Waals surface area contributed by atoms with Gasteiger partial charge in [0.25, 0.3) is 6.43 Å². The number of nitrogens with two attached hydrogens (primary N) is 1. The van der Waals surface area contributed by atoms with Crippen molar-refractivity contribution in [3.05, 3.63) is 0 Å². The number of aliphatic hydroxyl groups is 1. The second-order valence-corrected chi connectivity index (χ2v) is 4.61. The van der Waals surface area contributed by atoms with Crippen LogP contribution >= 0.6 is 12.2 Å². The van der Waals surface area contributed by atoms with Gasteiger partial charge in [-0.05, 0) is 12.8 Å². The number of halogens is 2. The van der Waals surface area contributed by atoms with Gasteiger partial charge in [0.1, 0.15) is 0 Å². The number of rotatable bonds is 6. The molecule has 3 N–H and O–H groups in total. The Morgan fingerprint density at radius 3 is 2.41 bits per heavy atom. The zero-order chi connectivity index (χ0) is 13.1. The first-order valence-corrected chi connectivity index (χ1v) is 5.83. The van der Waals surface area contributed by atoms with Gasteiger partial charge in [-0.2, -0.15) is 0 Å². The molecule has 0 saturated heterocycles. The summed E-state index contributed by atoms with van der Waals surface area (Å²) in [6.45, 7) is -1.16. The van der Waals surface area contributed by atoms with Gasteiger partial charge in [-0.15, -0.1) is 0 Å². The quantitative estimate of drug-likeness (QED) is 0.688. The molecule has 17 heavy (non-hydrogen) atoms. The molecule has 1 saturated carbocycles. The highest BCUT2D eigenvalue weighted by Gasteiger charge is 2.49. The van der Waals surface area contributed by atoms with Crippen LogP contribution < -0.4 is 5.73 Å². The molecule has 98 valence electrons. The molecular weight excluding hydrogens is 250 g/mol. The molecule has 1 aliphatic carbocycles. The predicted octanol–water partition coefficient (Wildman–Crippen LogP) is 0.529. The lowest BCUT2D eigenvalue weighted by Crippen LogP contribution is -2.55. The summed E-state index contributed by atoms with van der Waals surface area (Å²) in [5, 5.41) is 8.79. The molecule has 4 nitrogen and oxygen atoms in total. The van der Waals surface area contributed by atoms with Gasteiger partial charge in [-0.1, -0.05) is 18.6 Å². The molecule has 1 aliphatic rings. The number of carbonyl (C=O) groups excluding carboxylic acids is 1. The van der Waals surface area contributed by atoms with Crippen molar-refractivity contribution in [3.63, 3.8) is 0 Å². The number of hydrogen-bond donors (Lipinski definition) is 2. The number of hydrogen-bond acceptors (Lipinski definition) is 3. The van der Waals surface area contributed by atoms with Gasteiger partial charge in [-0.3, -0.25) is 4.79 Å². The van der Waals surface area contributed by atoms with Crippen LogP contribution in [0, 0.1) is 5.41 Å². The second kappa shape index (κ2) is 5.68. The topological polar surface area (TPSA) is 66.6 Å². The molecule has 0 unspecified atom stereocenters. The summed E-state index contributed by atoms with van der Waals surface area (Å²) in [6.07, 6.45) is -0.808. The highest BCUT2D eigenvalue weighted by Crippen LogP contribution is 2.42. The van der Waals surface area contributed by atoms with E-state index in [0.29, 0.717) is 12.8 Å². The van der Waals surface area contributed by atoms with E-state index < -0.39 is 24.3 Å². The number of amides is 1. The van der Waals surface area contributed by atoms with E-state index in [0.717, 1.165) is 11.3 Å². The van der Waals surface area contributed by atoms with Crippen molar-refractivity contribution in [2.75, 3.05) is 19.7 Å². The Bertz CT molecular complexity index is 309. The molecule has 1 rings (SSSR count). The highest BCUT2D eigenvalue weighted by atomic mass is 32.1. The number of aliphatic hydroxyl groups excluding tert-OH is 1. The van der Waals surface area contributed by atoms with Crippen LogP contribution in [0.25, 0.3) is 0 Å². The largest absolute Gasteiger partial charge is 0.395 e. The van der Waals surface area contributed by atoms with Gasteiger partial charge in [0.15, 0.2) is 0 Å². The lowest BCUT2D eigenvalue weighted by Gasteiger charge is -2.42. The first-order valence-electron chi connectivity index (χ1n) is 5.42. The maximum atomic E-state index is 12.3. The van der Waals surface area contributed by atoms with Crippen molar-refractivity contribution in [3.8, 4) is 0 Å². The van der Waals surface area contributed by atoms with Crippen LogP contribution in [0.1, 0.15) is 19.3 Å². The fraction of sp³-hybridized carbons (Fsp3) is 0.800. The molecule has 0 atom stereocenters. The van der Waals surface area contributed by atoms with E-state index in [2.05, 4.69) is 0 Å². The van der Waals surface area contributed by atoms with Crippen molar-refractivity contribution >= 4 is 23.1 Å². The molecular formula is C10H16F2N2O2S. The summed E-state index contributed by atoms with van der Waals surface area (Å²) in [5.74, 6) is -0.481. The van der Waals surface area contributed by atoms with E-state index in [9.17, 15) is 13.6 Å². The van der Waals surface area contributed by atoms with Crippen molar-refractivity contribution in [1.29, 1.82) is 0 Å². The predicted molar refractivity (Wildman–Crippen MR) is 62.7 cm³/mol. The van der Waals surface area contributed by atoms with Gasteiger partial charge >= 0.3 is 0 Å². The van der Waals surface area contributed by atoms with Crippen LogP contribution in [0.5, 0.6) is 0 Å². The van der Waals surface area contributed by atoms with Crippen molar-refractivity contribution in [2.24, 2.45) is 11.1 Å². The molecule has 0 spiro atoms. The van der Waals surface area contributed by atoms with Crippen LogP contribution in [-0.4, -0.2) is 47.0 Å². The van der Waals surface area contributed by atoms with E-state index >= 15 is 0 Å². The summed E-state index contributed by atoms with van der Waals surface area (Å²) >= 11 is 4.85. The average molecular weight is 266 g/mol. The zero-order valence-electron chi connectivity index (χ0n) is 9.36. The monoisotopic (exact) mass is 266 g/mol. The van der Waals surface area contributed by atoms with Crippen molar-refractivity contribution in [1.82, 2.24) is 4.90 Å². The summed E-state index contributed by atoms with van der Waals surface area (Å²) in [4.78, 5) is 13.1. The third-order valence-electron chi connectivity index (χ3n) is 3.10. The normalized spacial score (nSPS) is 17.6. The molecule has 0 aromatic heterocycles. The Kier molecular flexibility index (Phi) is 4.76. The molecule has 0 radical (unpaired) electrons. The molecule has 0 heterocycles. The minimum absolute atomic E-state index is 0.0611. The van der Waals surface area contributed by atoms with Gasteiger partial charge in [-0.25, -0.2) is 8.78 Å². The molecule has 0 bridgehead atoms. The van der Waals surface area contributed by atoms with E-state index in [1.807, 2.05) is 0 Å². The van der Waals surface area contributed by atoms with Gasteiger partial charge < -0.3 is 15.7 Å². The number of alkyl halides is 2. The van der Waals surface area contributed by atoms with Gasteiger partial charge in [0.05, 0.1) is 23.6 Å². The van der Waals surface area contributed by atoms with Crippen LogP contribution in [0.15, 0.2) is 0 Å². The third kappa shape index (κ3) is 2.90. The smallest absolute Gasteiger partial charge is 0.255 e. The van der Waals surface area contributed by atoms with E-state index in [1.165, 1.54) is 0 Å². The minimum atomic E-state index is -2.63. The lowest BCUT2D eigenvalue weighted by molar-refractivity contribution is -0.144. The first-order chi connectivity index (χ1) is 7.94. The van der Waals surface area contributed by atoms with Crippen LogP contribution in [0.3, 0.4) is 0 Å². The molecule has 0 aromatic rings. The van der Waals surface area contributed by atoms with Crippen LogP contribution in [-0.2, 0) is 4.79 Å². The number of carbonyl (C=O) groups is 1. The molecule has 0 aliphatic heterocycles. The SMILES string of the molecule is NC(=S)C1(C(=O)N(CCO)CC(F)F)CCC1. The maximum Gasteiger partial charge on any atom is 0.255 e. The highest BCUT2D eigenvalue weighted by molar-refractivity contribution is 7.80. The summed E-state index contributed by atoms with van der Waals surface area (Å²) in [5.41, 5.74) is 4.57. The Hall–Kier alpha value is -0.820. The molecule has 1 fully saturated rings. The third-order valence-corrected chi connectivity index (χ3v) is 3.49. The fourth-order valence-electron chi connectivity index (χ4n) is 1.96. The second-order valence-electron chi connectivity index (χ2n) is 4.17. The Balaban J connectivity index is 2.79. The van der Waals surface area contributed by atoms with Gasteiger partial charge in [0.2, 0.25) is 5.91 Å². The molecule has 0 aromatic carbocycles. The summed E-state index contributed by atoms with van der Waals surface area (Å²) in [7, 11) is 0. The zero-order valence-corrected chi connectivity index (χ0v) is 10.2. The van der Waals surface area contributed by atoms with Crippen molar-refractivity contribution in [2.45, 2.75) is 25.7 Å². The van der Waals surface area contributed by atoms with Crippen LogP contribution in [0.2, 0.25) is 0 Å². The standard InChI is InChI=1S/C10H16F2N2O2S/c11-7(12)6-14(4-5-15)9(16)10(8(13)17)2-1-3-10/h7,15H,1-6H2,(H2,13,17). The molecule has 1 amide bonds. The van der Waals surface area contributed by atoms with E-state index in [1.54, 1.807) is 0 Å². The Morgan fingerprint density at radius 2 is 2.12 bits per heavy atom. The number of nitrogens with zero attached hydrogens (tertiary/aromatic N) is 1. The maximum absolute atomic E-state index is 12.3. The first kappa shape index (κ1) is 14.2.